The highest BCUT2D eigenvalue weighted by atomic mass is 31.2. The minimum absolute atomic E-state index is 0.106. The number of phosphoric ester groups is 2. The summed E-state index contributed by atoms with van der Waals surface area (Å²) >= 11 is 0. The van der Waals surface area contributed by atoms with Gasteiger partial charge in [0.2, 0.25) is 0 Å². The van der Waals surface area contributed by atoms with Crippen molar-refractivity contribution in [2.45, 2.75) is 457 Å². The number of aliphatic hydroxyl groups excluding tert-OH is 1. The van der Waals surface area contributed by atoms with Gasteiger partial charge in [-0.2, -0.15) is 0 Å². The quantitative estimate of drug-likeness (QED) is 0.0222. The fourth-order valence-corrected chi connectivity index (χ4v) is 14.3. The van der Waals surface area contributed by atoms with Crippen LogP contribution in [0.2, 0.25) is 0 Å². The van der Waals surface area contributed by atoms with Gasteiger partial charge in [-0.15, -0.1) is 0 Å². The van der Waals surface area contributed by atoms with Gasteiger partial charge >= 0.3 is 39.5 Å². The van der Waals surface area contributed by atoms with Crippen molar-refractivity contribution in [1.29, 1.82) is 0 Å². The lowest BCUT2D eigenvalue weighted by molar-refractivity contribution is -0.161. The van der Waals surface area contributed by atoms with Crippen LogP contribution >= 0.6 is 15.6 Å². The highest BCUT2D eigenvalue weighted by Gasteiger charge is 2.30. The fourth-order valence-electron chi connectivity index (χ4n) is 12.7. The van der Waals surface area contributed by atoms with Crippen molar-refractivity contribution < 1.29 is 80.2 Å². The summed E-state index contributed by atoms with van der Waals surface area (Å²) in [6.45, 7) is 7.33. The molecule has 0 heterocycles. The lowest BCUT2D eigenvalue weighted by atomic mass is 9.99. The van der Waals surface area contributed by atoms with Crippen LogP contribution in [0.25, 0.3) is 0 Å². The number of carbonyl (C=O) groups excluding carboxylic acids is 4. The summed E-state index contributed by atoms with van der Waals surface area (Å²) in [7, 11) is -9.92. The van der Waals surface area contributed by atoms with Gasteiger partial charge in [0.25, 0.3) is 0 Å². The summed E-state index contributed by atoms with van der Waals surface area (Å²) in [6.07, 6.45) is 66.6. The Balaban J connectivity index is 5.23. The van der Waals surface area contributed by atoms with Crippen molar-refractivity contribution in [2.75, 3.05) is 39.6 Å². The predicted molar refractivity (Wildman–Crippen MR) is 414 cm³/mol. The van der Waals surface area contributed by atoms with Crippen LogP contribution in [0.5, 0.6) is 0 Å². The number of ether oxygens (including phenoxy) is 4. The Hall–Kier alpha value is -1.94. The molecule has 0 bridgehead atoms. The molecule has 0 saturated heterocycles. The Kier molecular flexibility index (Phi) is 73.5. The normalized spacial score (nSPS) is 14.1. The Bertz CT molecular complexity index is 1930. The third-order valence-electron chi connectivity index (χ3n) is 19.6. The molecule has 6 atom stereocenters. The van der Waals surface area contributed by atoms with Gasteiger partial charge in [-0.05, 0) is 31.6 Å². The van der Waals surface area contributed by atoms with Gasteiger partial charge < -0.3 is 33.8 Å². The van der Waals surface area contributed by atoms with Crippen molar-refractivity contribution in [2.24, 2.45) is 5.92 Å². The zero-order valence-corrected chi connectivity index (χ0v) is 67.8. The molecular weight excluding hydrogens is 1320 g/mol. The molecule has 0 aromatic rings. The minimum Gasteiger partial charge on any atom is -0.462 e. The lowest BCUT2D eigenvalue weighted by Gasteiger charge is -2.21. The van der Waals surface area contributed by atoms with E-state index in [1.807, 2.05) is 0 Å². The summed E-state index contributed by atoms with van der Waals surface area (Å²) < 4.78 is 68.8. The van der Waals surface area contributed by atoms with Gasteiger partial charge in [0.15, 0.2) is 12.2 Å². The molecule has 17 nitrogen and oxygen atoms in total. The topological polar surface area (TPSA) is 237 Å². The van der Waals surface area contributed by atoms with Gasteiger partial charge in [0, 0.05) is 25.7 Å². The Labute approximate surface area is 619 Å². The average Bonchev–Trinajstić information content (AvgIpc) is 0.963. The van der Waals surface area contributed by atoms with Crippen LogP contribution in [0, 0.1) is 5.92 Å². The van der Waals surface area contributed by atoms with Crippen molar-refractivity contribution >= 4 is 39.5 Å². The van der Waals surface area contributed by atoms with E-state index >= 15 is 0 Å². The highest BCUT2D eigenvalue weighted by Crippen LogP contribution is 2.45. The molecular formula is C82H160O17P2. The van der Waals surface area contributed by atoms with E-state index in [4.69, 9.17) is 37.0 Å². The van der Waals surface area contributed by atoms with Gasteiger partial charge in [-0.3, -0.25) is 37.3 Å². The minimum atomic E-state index is -4.96. The third-order valence-corrected chi connectivity index (χ3v) is 21.5. The summed E-state index contributed by atoms with van der Waals surface area (Å²) in [5.74, 6) is -1.34. The summed E-state index contributed by atoms with van der Waals surface area (Å²) in [5, 5.41) is 10.6. The molecule has 19 heteroatoms. The van der Waals surface area contributed by atoms with Gasteiger partial charge in [0.1, 0.15) is 19.3 Å². The number of hydrogen-bond donors (Lipinski definition) is 3. The average molecular weight is 1480 g/mol. The van der Waals surface area contributed by atoms with E-state index in [9.17, 15) is 43.2 Å². The highest BCUT2D eigenvalue weighted by molar-refractivity contribution is 7.47. The van der Waals surface area contributed by atoms with Crippen molar-refractivity contribution in [3.05, 3.63) is 0 Å². The molecule has 0 rings (SSSR count). The Morgan fingerprint density at radius 3 is 0.703 bits per heavy atom. The maximum Gasteiger partial charge on any atom is 0.472 e. The first-order valence-electron chi connectivity index (χ1n) is 42.7. The lowest BCUT2D eigenvalue weighted by Crippen LogP contribution is -2.30. The molecule has 0 radical (unpaired) electrons. The van der Waals surface area contributed by atoms with Gasteiger partial charge in [-0.1, -0.05) is 388 Å². The largest absolute Gasteiger partial charge is 0.472 e. The maximum atomic E-state index is 13.1. The van der Waals surface area contributed by atoms with Crippen LogP contribution in [-0.2, 0) is 65.4 Å². The van der Waals surface area contributed by atoms with Crippen molar-refractivity contribution in [3.63, 3.8) is 0 Å². The molecule has 3 unspecified atom stereocenters. The van der Waals surface area contributed by atoms with E-state index in [1.165, 1.54) is 263 Å². The van der Waals surface area contributed by atoms with Crippen LogP contribution in [0.15, 0.2) is 0 Å². The first-order chi connectivity index (χ1) is 49.1. The van der Waals surface area contributed by atoms with Crippen LogP contribution < -0.4 is 0 Å². The molecule has 0 amide bonds. The maximum absolute atomic E-state index is 13.1. The number of aliphatic hydroxyl groups is 1. The standard InChI is InChI=1S/C82H160O17P2/c1-6-10-13-16-19-22-25-28-30-32-33-34-35-36-38-40-43-46-52-57-62-67-81(86)98-77(71-92-80(85)66-61-56-51-45-42-39-37-31-29-26-23-20-17-14-11-7-2)73-96-100(88,89)94-69-76(83)70-95-101(90,91)97-74-78(99-82(87)68-63-58-53-48-47-49-54-59-64-75(5)9-4)72-93-79(84)65-60-55-50-44-41-27-24-21-18-15-12-8-3/h75-78,83H,6-74H2,1-5H3,(H,88,89)(H,90,91)/t75?,76-,77-,78-/m1/s1. The molecule has 0 aliphatic rings. The van der Waals surface area contributed by atoms with E-state index in [-0.39, 0.29) is 25.7 Å². The summed E-state index contributed by atoms with van der Waals surface area (Å²) in [5.41, 5.74) is 0. The second kappa shape index (κ2) is 74.9. The number of unbranched alkanes of at least 4 members (excludes halogenated alkanes) is 53. The van der Waals surface area contributed by atoms with Crippen LogP contribution in [0.1, 0.15) is 439 Å². The van der Waals surface area contributed by atoms with E-state index < -0.39 is 97.5 Å². The molecule has 0 aliphatic heterocycles. The van der Waals surface area contributed by atoms with Crippen molar-refractivity contribution in [3.8, 4) is 0 Å². The number of carbonyl (C=O) groups is 4. The van der Waals surface area contributed by atoms with Gasteiger partial charge in [0.05, 0.1) is 26.4 Å². The molecule has 0 aromatic carbocycles. The zero-order valence-electron chi connectivity index (χ0n) is 66.1. The monoisotopic (exact) mass is 1480 g/mol. The molecule has 0 aliphatic carbocycles. The Morgan fingerprint density at radius 2 is 0.475 bits per heavy atom. The molecule has 600 valence electrons. The second-order valence-electron chi connectivity index (χ2n) is 29.8. The molecule has 0 spiro atoms. The number of phosphoric acid groups is 2. The molecule has 0 fully saturated rings. The summed E-state index contributed by atoms with van der Waals surface area (Å²) in [6, 6.07) is 0. The van der Waals surface area contributed by atoms with Crippen LogP contribution in [-0.4, -0.2) is 96.7 Å². The molecule has 3 N–H and O–H groups in total. The number of esters is 4. The summed E-state index contributed by atoms with van der Waals surface area (Å²) in [4.78, 5) is 73.1. The van der Waals surface area contributed by atoms with Gasteiger partial charge in [-0.25, -0.2) is 9.13 Å². The smallest absolute Gasteiger partial charge is 0.462 e. The second-order valence-corrected chi connectivity index (χ2v) is 32.7. The van der Waals surface area contributed by atoms with E-state index in [0.717, 1.165) is 95.8 Å². The zero-order chi connectivity index (χ0) is 74.1. The van der Waals surface area contributed by atoms with E-state index in [1.54, 1.807) is 0 Å². The van der Waals surface area contributed by atoms with Crippen LogP contribution in [0.3, 0.4) is 0 Å². The molecule has 0 saturated carbocycles. The Morgan fingerprint density at radius 1 is 0.277 bits per heavy atom. The number of rotatable bonds is 82. The predicted octanol–water partition coefficient (Wildman–Crippen LogP) is 24.8. The fraction of sp³-hybridized carbons (Fsp3) is 0.951. The SMILES string of the molecule is CCCCCCCCCCCCCCCCCCCCCCCC(=O)O[C@H](COC(=O)CCCCCCCCCCCCCCCCCC)COP(=O)(O)OC[C@@H](O)COP(=O)(O)OC[C@@H](COC(=O)CCCCCCCCCCCCCC)OC(=O)CCCCCCCCCCC(C)CC. The first-order valence-corrected chi connectivity index (χ1v) is 45.7. The first kappa shape index (κ1) is 99.1. The molecule has 0 aromatic heterocycles. The molecule has 101 heavy (non-hydrogen) atoms. The van der Waals surface area contributed by atoms with E-state index in [2.05, 4.69) is 34.6 Å². The van der Waals surface area contributed by atoms with Crippen LogP contribution in [0.4, 0.5) is 0 Å². The van der Waals surface area contributed by atoms with Crippen molar-refractivity contribution in [1.82, 2.24) is 0 Å². The third kappa shape index (κ3) is 74.7. The van der Waals surface area contributed by atoms with E-state index in [0.29, 0.717) is 25.7 Å². The number of hydrogen-bond acceptors (Lipinski definition) is 15.